The number of carbonyl (C=O) groups is 1. The standard InChI is InChI=1S/C6H10O2.C2H4Br2/c1-3-4(2)5(3)6(7)8;1-2(3)4/h3-5H,1-2H3,(H,7,8);2H,1H3. The smallest absolute Gasteiger partial charge is 0.307 e. The van der Waals surface area contributed by atoms with Crippen molar-refractivity contribution in [3.05, 3.63) is 0 Å². The van der Waals surface area contributed by atoms with Crippen LogP contribution in [-0.4, -0.2) is 14.8 Å². The number of carboxylic acids is 1. The van der Waals surface area contributed by atoms with Gasteiger partial charge in [0.2, 0.25) is 0 Å². The first-order valence-electron chi connectivity index (χ1n) is 3.88. The molecular weight excluding hydrogens is 288 g/mol. The van der Waals surface area contributed by atoms with Crippen LogP contribution in [-0.2, 0) is 4.79 Å². The maximum absolute atomic E-state index is 10.2. The minimum Gasteiger partial charge on any atom is -0.481 e. The Morgan fingerprint density at radius 2 is 1.58 bits per heavy atom. The topological polar surface area (TPSA) is 37.3 Å². The maximum Gasteiger partial charge on any atom is 0.307 e. The van der Waals surface area contributed by atoms with Gasteiger partial charge in [-0.1, -0.05) is 45.7 Å². The minimum atomic E-state index is -0.634. The summed E-state index contributed by atoms with van der Waals surface area (Å²) in [6.07, 6.45) is 0. The molecular formula is C8H14Br2O2. The Labute approximate surface area is 90.0 Å². The van der Waals surface area contributed by atoms with Gasteiger partial charge in [0.05, 0.1) is 9.65 Å². The third-order valence-electron chi connectivity index (χ3n) is 2.11. The average Bonchev–Trinajstić information content (AvgIpc) is 2.38. The molecule has 0 aromatic heterocycles. The highest BCUT2D eigenvalue weighted by Gasteiger charge is 2.48. The molecule has 0 aromatic rings. The summed E-state index contributed by atoms with van der Waals surface area (Å²) < 4.78 is 0.458. The number of carboxylic acid groups (broad SMARTS) is 1. The fourth-order valence-corrected chi connectivity index (χ4v) is 1.11. The molecule has 2 atom stereocenters. The monoisotopic (exact) mass is 300 g/mol. The van der Waals surface area contributed by atoms with Crippen LogP contribution in [0.4, 0.5) is 0 Å². The Kier molecular flexibility index (Phi) is 5.41. The Morgan fingerprint density at radius 1 is 1.33 bits per heavy atom. The van der Waals surface area contributed by atoms with E-state index in [1.807, 2.05) is 20.8 Å². The molecule has 2 unspecified atom stereocenters. The maximum atomic E-state index is 10.2. The fourth-order valence-electron chi connectivity index (χ4n) is 1.11. The highest BCUT2D eigenvalue weighted by molar-refractivity contribution is 9.24. The SMILES string of the molecule is CC(Br)Br.CC1C(C)C1C(=O)O. The van der Waals surface area contributed by atoms with Gasteiger partial charge in [-0.15, -0.1) is 0 Å². The highest BCUT2D eigenvalue weighted by atomic mass is 79.9. The molecule has 2 nitrogen and oxygen atoms in total. The van der Waals surface area contributed by atoms with Crippen molar-refractivity contribution in [1.29, 1.82) is 0 Å². The molecule has 0 aromatic carbocycles. The van der Waals surface area contributed by atoms with Gasteiger partial charge in [0, 0.05) is 0 Å². The van der Waals surface area contributed by atoms with Crippen molar-refractivity contribution in [3.8, 4) is 0 Å². The molecule has 0 spiro atoms. The van der Waals surface area contributed by atoms with Gasteiger partial charge in [0.1, 0.15) is 0 Å². The second-order valence-electron chi connectivity index (χ2n) is 3.10. The molecule has 0 saturated heterocycles. The molecule has 0 bridgehead atoms. The summed E-state index contributed by atoms with van der Waals surface area (Å²) in [6, 6.07) is 0. The number of aliphatic carboxylic acids is 1. The predicted octanol–water partition coefficient (Wildman–Crippen LogP) is 3.10. The molecule has 0 amide bonds. The third-order valence-corrected chi connectivity index (χ3v) is 2.11. The van der Waals surface area contributed by atoms with Crippen LogP contribution in [0.1, 0.15) is 20.8 Å². The summed E-state index contributed by atoms with van der Waals surface area (Å²) in [7, 11) is 0. The van der Waals surface area contributed by atoms with Gasteiger partial charge in [-0.25, -0.2) is 0 Å². The lowest BCUT2D eigenvalue weighted by Crippen LogP contribution is -1.98. The van der Waals surface area contributed by atoms with Gasteiger partial charge in [0.15, 0.2) is 0 Å². The van der Waals surface area contributed by atoms with Gasteiger partial charge in [-0.3, -0.25) is 4.79 Å². The lowest BCUT2D eigenvalue weighted by Gasteiger charge is -1.81. The summed E-state index contributed by atoms with van der Waals surface area (Å²) in [5, 5.41) is 8.39. The number of halogens is 2. The molecule has 1 aliphatic rings. The molecule has 12 heavy (non-hydrogen) atoms. The first-order chi connectivity index (χ1) is 5.37. The molecule has 72 valence electrons. The summed E-state index contributed by atoms with van der Waals surface area (Å²) in [4.78, 5) is 10.2. The van der Waals surface area contributed by atoms with Crippen LogP contribution in [0.15, 0.2) is 0 Å². The molecule has 0 aliphatic heterocycles. The van der Waals surface area contributed by atoms with E-state index in [2.05, 4.69) is 31.9 Å². The predicted molar refractivity (Wildman–Crippen MR) is 56.8 cm³/mol. The van der Waals surface area contributed by atoms with Gasteiger partial charge < -0.3 is 5.11 Å². The van der Waals surface area contributed by atoms with E-state index in [-0.39, 0.29) is 5.92 Å². The van der Waals surface area contributed by atoms with E-state index in [4.69, 9.17) is 5.11 Å². The molecule has 4 heteroatoms. The molecule has 0 radical (unpaired) electrons. The zero-order valence-corrected chi connectivity index (χ0v) is 10.6. The number of alkyl halides is 2. The second kappa shape index (κ2) is 5.22. The van der Waals surface area contributed by atoms with E-state index >= 15 is 0 Å². The Hall–Kier alpha value is 0.430. The van der Waals surface area contributed by atoms with Crippen molar-refractivity contribution < 1.29 is 9.90 Å². The number of hydrogen-bond donors (Lipinski definition) is 1. The second-order valence-corrected chi connectivity index (χ2v) is 7.08. The summed E-state index contributed by atoms with van der Waals surface area (Å²) >= 11 is 6.38. The normalized spacial score (nSPS) is 32.3. The zero-order valence-electron chi connectivity index (χ0n) is 7.42. The van der Waals surface area contributed by atoms with E-state index in [1.54, 1.807) is 0 Å². The van der Waals surface area contributed by atoms with Crippen molar-refractivity contribution in [3.63, 3.8) is 0 Å². The highest BCUT2D eigenvalue weighted by Crippen LogP contribution is 2.45. The van der Waals surface area contributed by atoms with Crippen LogP contribution in [0.25, 0.3) is 0 Å². The third kappa shape index (κ3) is 4.45. The van der Waals surface area contributed by atoms with E-state index < -0.39 is 5.97 Å². The van der Waals surface area contributed by atoms with Crippen LogP contribution >= 0.6 is 31.9 Å². The van der Waals surface area contributed by atoms with E-state index in [9.17, 15) is 4.79 Å². The number of rotatable bonds is 1. The fraction of sp³-hybridized carbons (Fsp3) is 0.875. The van der Waals surface area contributed by atoms with Gasteiger partial charge in [-0.05, 0) is 18.8 Å². The van der Waals surface area contributed by atoms with E-state index in [1.165, 1.54) is 0 Å². The van der Waals surface area contributed by atoms with E-state index in [0.717, 1.165) is 0 Å². The van der Waals surface area contributed by atoms with Crippen LogP contribution in [0.3, 0.4) is 0 Å². The first-order valence-corrected chi connectivity index (χ1v) is 5.72. The Morgan fingerprint density at radius 3 is 1.58 bits per heavy atom. The first kappa shape index (κ1) is 12.4. The van der Waals surface area contributed by atoms with Crippen LogP contribution in [0.5, 0.6) is 0 Å². The molecule has 0 heterocycles. The van der Waals surface area contributed by atoms with Crippen molar-refractivity contribution in [2.24, 2.45) is 17.8 Å². The Bertz CT molecular complexity index is 148. The summed E-state index contributed by atoms with van der Waals surface area (Å²) in [5.74, 6) is 0.139. The van der Waals surface area contributed by atoms with E-state index in [0.29, 0.717) is 15.6 Å². The molecule has 1 N–H and O–H groups in total. The molecule has 1 fully saturated rings. The zero-order chi connectivity index (χ0) is 9.89. The quantitative estimate of drug-likeness (QED) is 0.756. The van der Waals surface area contributed by atoms with Crippen LogP contribution in [0.2, 0.25) is 0 Å². The average molecular weight is 302 g/mol. The van der Waals surface area contributed by atoms with Gasteiger partial charge >= 0.3 is 5.97 Å². The van der Waals surface area contributed by atoms with Crippen molar-refractivity contribution >= 4 is 37.8 Å². The van der Waals surface area contributed by atoms with Crippen molar-refractivity contribution in [1.82, 2.24) is 0 Å². The summed E-state index contributed by atoms with van der Waals surface area (Å²) in [6.45, 7) is 5.95. The molecule has 1 aliphatic carbocycles. The minimum absolute atomic E-state index is 0.0463. The van der Waals surface area contributed by atoms with Crippen LogP contribution < -0.4 is 0 Å². The largest absolute Gasteiger partial charge is 0.481 e. The van der Waals surface area contributed by atoms with Gasteiger partial charge in [0.25, 0.3) is 0 Å². The lowest BCUT2D eigenvalue weighted by atomic mass is 10.3. The number of hydrogen-bond acceptors (Lipinski definition) is 1. The van der Waals surface area contributed by atoms with Crippen molar-refractivity contribution in [2.75, 3.05) is 0 Å². The summed E-state index contributed by atoms with van der Waals surface area (Å²) in [5.41, 5.74) is 0. The van der Waals surface area contributed by atoms with Crippen molar-refractivity contribution in [2.45, 2.75) is 24.5 Å². The van der Waals surface area contributed by atoms with Gasteiger partial charge in [-0.2, -0.15) is 0 Å². The Balaban J connectivity index is 0.000000261. The lowest BCUT2D eigenvalue weighted by molar-refractivity contribution is -0.139. The molecule has 1 saturated carbocycles. The molecule has 1 rings (SSSR count). The van der Waals surface area contributed by atoms with Crippen LogP contribution in [0, 0.1) is 17.8 Å².